The molecular weight excluding hydrogens is 272 g/mol. The van der Waals surface area contributed by atoms with Crippen molar-refractivity contribution in [2.75, 3.05) is 27.2 Å². The van der Waals surface area contributed by atoms with Crippen LogP contribution in [0.4, 0.5) is 0 Å². The number of likely N-dealkylation sites (N-methyl/N-ethyl adjacent to an activating group) is 1. The molecule has 3 nitrogen and oxygen atoms in total. The maximum atomic E-state index is 5.48. The van der Waals surface area contributed by atoms with Crippen molar-refractivity contribution >= 4 is 0 Å². The van der Waals surface area contributed by atoms with E-state index >= 15 is 0 Å². The van der Waals surface area contributed by atoms with Crippen LogP contribution < -0.4 is 10.1 Å². The predicted octanol–water partition coefficient (Wildman–Crippen LogP) is 3.35. The number of hydrogen-bond donors (Lipinski definition) is 1. The molecule has 0 aromatic heterocycles. The molecule has 1 N–H and O–H groups in total. The van der Waals surface area contributed by atoms with Gasteiger partial charge in [0.15, 0.2) is 0 Å². The number of likely N-dealkylation sites (tertiary alicyclic amines) is 1. The second kappa shape index (κ2) is 7.01. The summed E-state index contributed by atoms with van der Waals surface area (Å²) in [6, 6.07) is 7.48. The predicted molar refractivity (Wildman–Crippen MR) is 93.9 cm³/mol. The van der Waals surface area contributed by atoms with Crippen LogP contribution >= 0.6 is 0 Å². The highest BCUT2D eigenvalue weighted by Crippen LogP contribution is 2.40. The fraction of sp³-hybridized carbons (Fsp3) is 0.684. The lowest BCUT2D eigenvalue weighted by atomic mass is 9.67. The molecule has 3 unspecified atom stereocenters. The number of aryl methyl sites for hydroxylation is 1. The molecule has 1 heterocycles. The Morgan fingerprint density at radius 3 is 2.77 bits per heavy atom. The molecule has 0 spiro atoms. The van der Waals surface area contributed by atoms with Crippen molar-refractivity contribution in [3.8, 4) is 5.75 Å². The fourth-order valence-electron chi connectivity index (χ4n) is 3.90. The van der Waals surface area contributed by atoms with Crippen molar-refractivity contribution in [1.82, 2.24) is 10.2 Å². The van der Waals surface area contributed by atoms with Crippen LogP contribution in [0.5, 0.6) is 5.75 Å². The fourth-order valence-corrected chi connectivity index (χ4v) is 3.90. The lowest BCUT2D eigenvalue weighted by molar-refractivity contribution is 0.0886. The Labute approximate surface area is 136 Å². The lowest BCUT2D eigenvalue weighted by Crippen LogP contribution is -2.62. The van der Waals surface area contributed by atoms with E-state index in [1.165, 1.54) is 24.0 Å². The topological polar surface area (TPSA) is 24.5 Å². The number of nitrogens with one attached hydrogen (secondary N) is 1. The summed E-state index contributed by atoms with van der Waals surface area (Å²) >= 11 is 0. The number of benzene rings is 1. The maximum absolute atomic E-state index is 5.48. The molecule has 1 aliphatic heterocycles. The second-order valence-electron chi connectivity index (χ2n) is 7.00. The zero-order valence-corrected chi connectivity index (χ0v) is 15.1. The molecule has 22 heavy (non-hydrogen) atoms. The van der Waals surface area contributed by atoms with Gasteiger partial charge in [-0.15, -0.1) is 0 Å². The third kappa shape index (κ3) is 3.16. The van der Waals surface area contributed by atoms with E-state index in [1.807, 2.05) is 0 Å². The van der Waals surface area contributed by atoms with Crippen molar-refractivity contribution in [1.29, 1.82) is 0 Å². The van der Waals surface area contributed by atoms with Crippen LogP contribution in [-0.4, -0.2) is 44.2 Å². The summed E-state index contributed by atoms with van der Waals surface area (Å²) < 4.78 is 5.48. The van der Waals surface area contributed by atoms with Gasteiger partial charge in [-0.3, -0.25) is 0 Å². The van der Waals surface area contributed by atoms with Crippen molar-refractivity contribution in [3.63, 3.8) is 0 Å². The zero-order chi connectivity index (χ0) is 16.3. The number of piperidine rings is 1. The Bertz CT molecular complexity index is 502. The molecule has 2 rings (SSSR count). The monoisotopic (exact) mass is 304 g/mol. The molecule has 3 atom stereocenters. The third-order valence-corrected chi connectivity index (χ3v) is 5.52. The van der Waals surface area contributed by atoms with E-state index in [9.17, 15) is 0 Å². The normalized spacial score (nSPS) is 29.5. The van der Waals surface area contributed by atoms with Crippen LogP contribution in [0, 0.1) is 6.92 Å². The molecule has 0 amide bonds. The average Bonchev–Trinajstić information content (AvgIpc) is 2.52. The van der Waals surface area contributed by atoms with Gasteiger partial charge in [-0.1, -0.05) is 19.9 Å². The first-order valence-corrected chi connectivity index (χ1v) is 8.52. The van der Waals surface area contributed by atoms with E-state index in [0.717, 1.165) is 18.8 Å². The Kier molecular flexibility index (Phi) is 5.51. The highest BCUT2D eigenvalue weighted by Gasteiger charge is 2.44. The van der Waals surface area contributed by atoms with Crippen LogP contribution in [-0.2, 0) is 5.41 Å². The summed E-state index contributed by atoms with van der Waals surface area (Å²) in [4.78, 5) is 2.48. The van der Waals surface area contributed by atoms with Gasteiger partial charge in [0, 0.05) is 17.5 Å². The molecule has 1 aromatic carbocycles. The van der Waals surface area contributed by atoms with Gasteiger partial charge >= 0.3 is 0 Å². The first kappa shape index (κ1) is 17.3. The molecule has 1 saturated heterocycles. The van der Waals surface area contributed by atoms with Crippen LogP contribution in [0.1, 0.15) is 44.7 Å². The Morgan fingerprint density at radius 2 is 2.14 bits per heavy atom. The van der Waals surface area contributed by atoms with E-state index in [0.29, 0.717) is 12.1 Å². The van der Waals surface area contributed by atoms with E-state index in [4.69, 9.17) is 4.74 Å². The van der Waals surface area contributed by atoms with Crippen molar-refractivity contribution < 1.29 is 4.74 Å². The van der Waals surface area contributed by atoms with E-state index in [2.05, 4.69) is 63.2 Å². The van der Waals surface area contributed by atoms with Crippen LogP contribution in [0.2, 0.25) is 0 Å². The van der Waals surface area contributed by atoms with Crippen LogP contribution in [0.25, 0.3) is 0 Å². The quantitative estimate of drug-likeness (QED) is 0.903. The van der Waals surface area contributed by atoms with Crippen LogP contribution in [0.15, 0.2) is 18.2 Å². The lowest BCUT2D eigenvalue weighted by Gasteiger charge is -2.50. The van der Waals surface area contributed by atoms with Crippen molar-refractivity contribution in [2.45, 2.75) is 58.0 Å². The molecule has 0 bridgehead atoms. The van der Waals surface area contributed by atoms with Gasteiger partial charge < -0.3 is 15.0 Å². The van der Waals surface area contributed by atoms with E-state index < -0.39 is 0 Å². The Morgan fingerprint density at radius 1 is 1.41 bits per heavy atom. The van der Waals surface area contributed by atoms with Crippen molar-refractivity contribution in [2.24, 2.45) is 0 Å². The van der Waals surface area contributed by atoms with E-state index in [1.54, 1.807) is 7.11 Å². The summed E-state index contributed by atoms with van der Waals surface area (Å²) in [7, 11) is 3.99. The summed E-state index contributed by atoms with van der Waals surface area (Å²) in [5.74, 6) is 0.961. The molecule has 0 saturated carbocycles. The average molecular weight is 304 g/mol. The number of methoxy groups -OCH3 is 1. The molecule has 0 radical (unpaired) electrons. The standard InChI is InChI=1S/C19H32N2O/c1-7-11-20-18-15(3)21(5)12-10-19(18,4)17-13-16(22-6)9-8-14(17)2/h8-9,13,15,18,20H,7,10-12H2,1-6H3. The first-order valence-electron chi connectivity index (χ1n) is 8.52. The first-order chi connectivity index (χ1) is 10.4. The summed E-state index contributed by atoms with van der Waals surface area (Å²) in [6.45, 7) is 11.4. The minimum absolute atomic E-state index is 0.139. The molecule has 0 aliphatic carbocycles. The maximum Gasteiger partial charge on any atom is 0.119 e. The minimum Gasteiger partial charge on any atom is -0.497 e. The van der Waals surface area contributed by atoms with Crippen molar-refractivity contribution in [3.05, 3.63) is 29.3 Å². The highest BCUT2D eigenvalue weighted by molar-refractivity contribution is 5.41. The summed E-state index contributed by atoms with van der Waals surface area (Å²) in [6.07, 6.45) is 2.34. The molecule has 3 heteroatoms. The third-order valence-electron chi connectivity index (χ3n) is 5.52. The van der Waals surface area contributed by atoms with Gasteiger partial charge in [0.1, 0.15) is 5.75 Å². The number of ether oxygens (including phenoxy) is 1. The Hall–Kier alpha value is -1.06. The largest absolute Gasteiger partial charge is 0.497 e. The number of hydrogen-bond acceptors (Lipinski definition) is 3. The molecule has 124 valence electrons. The zero-order valence-electron chi connectivity index (χ0n) is 15.1. The smallest absolute Gasteiger partial charge is 0.119 e. The number of nitrogens with zero attached hydrogens (tertiary/aromatic N) is 1. The van der Waals surface area contributed by atoms with Gasteiger partial charge in [-0.05, 0) is 70.1 Å². The van der Waals surface area contributed by atoms with Gasteiger partial charge in [0.25, 0.3) is 0 Å². The summed E-state index contributed by atoms with van der Waals surface area (Å²) in [5, 5.41) is 3.82. The van der Waals surface area contributed by atoms with Gasteiger partial charge in [0.05, 0.1) is 7.11 Å². The van der Waals surface area contributed by atoms with E-state index in [-0.39, 0.29) is 5.41 Å². The Balaban J connectivity index is 2.43. The highest BCUT2D eigenvalue weighted by atomic mass is 16.5. The minimum atomic E-state index is 0.139. The van der Waals surface area contributed by atoms with Crippen LogP contribution in [0.3, 0.4) is 0 Å². The second-order valence-corrected chi connectivity index (χ2v) is 7.00. The molecule has 1 fully saturated rings. The molecular formula is C19H32N2O. The number of rotatable bonds is 5. The van der Waals surface area contributed by atoms with Gasteiger partial charge in [0.2, 0.25) is 0 Å². The van der Waals surface area contributed by atoms with Gasteiger partial charge in [-0.2, -0.15) is 0 Å². The molecule has 1 aromatic rings. The van der Waals surface area contributed by atoms with Gasteiger partial charge in [-0.25, -0.2) is 0 Å². The molecule has 1 aliphatic rings. The SMILES string of the molecule is CCCNC1C(C)N(C)CCC1(C)c1cc(OC)ccc1C. The summed E-state index contributed by atoms with van der Waals surface area (Å²) in [5.41, 5.74) is 2.93.